The second-order valence-electron chi connectivity index (χ2n) is 6.64. The number of rotatable bonds is 7. The summed E-state index contributed by atoms with van der Waals surface area (Å²) in [6.07, 6.45) is 5.59. The monoisotopic (exact) mass is 319 g/mol. The maximum absolute atomic E-state index is 12.3. The van der Waals surface area contributed by atoms with Gasteiger partial charge in [-0.15, -0.1) is 0 Å². The molecule has 2 rings (SSSR count). The Morgan fingerprint density at radius 1 is 1.22 bits per heavy atom. The van der Waals surface area contributed by atoms with Gasteiger partial charge in [0.1, 0.15) is 0 Å². The Bertz CT molecular complexity index is 576. The summed E-state index contributed by atoms with van der Waals surface area (Å²) < 4.78 is 1.66. The van der Waals surface area contributed by atoms with Gasteiger partial charge in [0, 0.05) is 50.9 Å². The Hall–Kier alpha value is -1.62. The van der Waals surface area contributed by atoms with Crippen LogP contribution in [0.5, 0.6) is 0 Å². The molecule has 1 amide bonds. The molecule has 1 aliphatic carbocycles. The fraction of sp³-hybridized carbons (Fsp3) is 0.667. The van der Waals surface area contributed by atoms with Crippen molar-refractivity contribution in [2.24, 2.45) is 0 Å². The molecular weight excluding hydrogens is 290 g/mol. The van der Waals surface area contributed by atoms with Crippen LogP contribution < -0.4 is 5.56 Å². The van der Waals surface area contributed by atoms with Crippen LogP contribution in [0.25, 0.3) is 0 Å². The summed E-state index contributed by atoms with van der Waals surface area (Å²) in [5.74, 6) is 0.0972. The van der Waals surface area contributed by atoms with Crippen molar-refractivity contribution in [1.29, 1.82) is 0 Å². The molecule has 5 heteroatoms. The first-order valence-corrected chi connectivity index (χ1v) is 8.59. The van der Waals surface area contributed by atoms with Crippen LogP contribution in [-0.4, -0.2) is 53.5 Å². The molecule has 1 aliphatic rings. The quantitative estimate of drug-likeness (QED) is 0.771. The minimum absolute atomic E-state index is 0.0404. The molecule has 23 heavy (non-hydrogen) atoms. The number of nitrogens with zero attached hydrogens (tertiary/aromatic N) is 3. The first kappa shape index (κ1) is 17.7. The zero-order chi connectivity index (χ0) is 16.8. The van der Waals surface area contributed by atoms with E-state index in [0.717, 1.165) is 18.8 Å². The van der Waals surface area contributed by atoms with E-state index in [2.05, 4.69) is 11.9 Å². The third-order valence-corrected chi connectivity index (χ3v) is 4.98. The highest BCUT2D eigenvalue weighted by Crippen LogP contribution is 2.21. The number of carbonyl (C=O) groups is 1. The van der Waals surface area contributed by atoms with Crippen LogP contribution in [0.15, 0.2) is 23.0 Å². The minimum atomic E-state index is -0.0404. The lowest BCUT2D eigenvalue weighted by molar-refractivity contribution is -0.130. The Morgan fingerprint density at radius 2 is 1.91 bits per heavy atom. The van der Waals surface area contributed by atoms with Crippen LogP contribution in [-0.2, 0) is 11.3 Å². The fourth-order valence-corrected chi connectivity index (χ4v) is 3.27. The second-order valence-corrected chi connectivity index (χ2v) is 6.64. The van der Waals surface area contributed by atoms with Crippen LogP contribution in [0.1, 0.15) is 37.8 Å². The lowest BCUT2D eigenvalue weighted by Gasteiger charge is -2.27. The van der Waals surface area contributed by atoms with Crippen molar-refractivity contribution < 1.29 is 4.79 Å². The minimum Gasteiger partial charge on any atom is -0.344 e. The second kappa shape index (κ2) is 8.29. The normalized spacial score (nSPS) is 15.3. The lowest BCUT2D eigenvalue weighted by atomic mass is 10.2. The summed E-state index contributed by atoms with van der Waals surface area (Å²) in [6, 6.07) is 5.87. The van der Waals surface area contributed by atoms with Crippen molar-refractivity contribution in [2.75, 3.05) is 27.2 Å². The van der Waals surface area contributed by atoms with Crippen molar-refractivity contribution >= 4 is 5.91 Å². The summed E-state index contributed by atoms with van der Waals surface area (Å²) in [6.45, 7) is 4.00. The third-order valence-electron chi connectivity index (χ3n) is 4.98. The predicted octanol–water partition coefficient (Wildman–Crippen LogP) is 1.88. The van der Waals surface area contributed by atoms with Crippen molar-refractivity contribution in [1.82, 2.24) is 14.4 Å². The van der Waals surface area contributed by atoms with Gasteiger partial charge in [-0.05, 0) is 32.9 Å². The Labute approximate surface area is 138 Å². The van der Waals surface area contributed by atoms with Gasteiger partial charge >= 0.3 is 0 Å². The predicted molar refractivity (Wildman–Crippen MR) is 92.6 cm³/mol. The number of amides is 1. The first-order chi connectivity index (χ1) is 11.0. The summed E-state index contributed by atoms with van der Waals surface area (Å²) >= 11 is 0. The van der Waals surface area contributed by atoms with Crippen molar-refractivity contribution in [2.45, 2.75) is 51.6 Å². The number of carbonyl (C=O) groups excluding carboxylic acids is 1. The SMILES string of the molecule is Cc1cccc(=O)n1CCC(=O)N(C)CCN(C)C1CCCC1. The molecule has 0 atom stereocenters. The highest BCUT2D eigenvalue weighted by atomic mass is 16.2. The van der Waals surface area contributed by atoms with Crippen molar-refractivity contribution in [3.8, 4) is 0 Å². The molecule has 0 bridgehead atoms. The molecule has 0 N–H and O–H groups in total. The van der Waals surface area contributed by atoms with Gasteiger partial charge in [-0.25, -0.2) is 0 Å². The molecule has 1 aromatic rings. The molecular formula is C18H29N3O2. The van der Waals surface area contributed by atoms with Crippen molar-refractivity contribution in [3.63, 3.8) is 0 Å². The molecule has 1 fully saturated rings. The zero-order valence-corrected chi connectivity index (χ0v) is 14.6. The Morgan fingerprint density at radius 3 is 2.57 bits per heavy atom. The molecule has 5 nitrogen and oxygen atoms in total. The fourth-order valence-electron chi connectivity index (χ4n) is 3.27. The Kier molecular flexibility index (Phi) is 6.39. The van der Waals surface area contributed by atoms with Crippen LogP contribution in [0.4, 0.5) is 0 Å². The van der Waals surface area contributed by atoms with E-state index in [0.29, 0.717) is 19.0 Å². The van der Waals surface area contributed by atoms with Crippen molar-refractivity contribution in [3.05, 3.63) is 34.2 Å². The van der Waals surface area contributed by atoms with Gasteiger partial charge in [0.05, 0.1) is 0 Å². The molecule has 0 saturated heterocycles. The van der Waals surface area contributed by atoms with E-state index < -0.39 is 0 Å². The third kappa shape index (κ3) is 4.93. The van der Waals surface area contributed by atoms with Gasteiger partial charge in [-0.1, -0.05) is 18.9 Å². The zero-order valence-electron chi connectivity index (χ0n) is 14.6. The van der Waals surface area contributed by atoms with E-state index in [1.165, 1.54) is 31.7 Å². The van der Waals surface area contributed by atoms with E-state index in [1.807, 2.05) is 20.0 Å². The molecule has 0 unspecified atom stereocenters. The molecule has 0 aliphatic heterocycles. The van der Waals surface area contributed by atoms with Crippen LogP contribution in [0.3, 0.4) is 0 Å². The van der Waals surface area contributed by atoms with Gasteiger partial charge in [0.15, 0.2) is 0 Å². The van der Waals surface area contributed by atoms with Gasteiger partial charge in [-0.3, -0.25) is 9.59 Å². The number of hydrogen-bond donors (Lipinski definition) is 0. The molecule has 1 aromatic heterocycles. The van der Waals surface area contributed by atoms with Gasteiger partial charge in [0.2, 0.25) is 5.91 Å². The first-order valence-electron chi connectivity index (χ1n) is 8.59. The molecule has 0 aromatic carbocycles. The molecule has 0 radical (unpaired) electrons. The summed E-state index contributed by atoms with van der Waals surface area (Å²) in [5.41, 5.74) is 0.857. The number of aromatic nitrogens is 1. The van der Waals surface area contributed by atoms with E-state index in [9.17, 15) is 9.59 Å². The number of pyridine rings is 1. The maximum Gasteiger partial charge on any atom is 0.250 e. The molecule has 1 heterocycles. The summed E-state index contributed by atoms with van der Waals surface area (Å²) in [7, 11) is 4.01. The Balaban J connectivity index is 1.77. The standard InChI is InChI=1S/C18H29N3O2/c1-15-7-6-10-18(23)21(15)12-11-17(22)20(3)14-13-19(2)16-8-4-5-9-16/h6-7,10,16H,4-5,8-9,11-14H2,1-3H3. The highest BCUT2D eigenvalue weighted by Gasteiger charge is 2.20. The average Bonchev–Trinajstić information content (AvgIpc) is 3.06. The number of aryl methyl sites for hydroxylation is 1. The number of hydrogen-bond acceptors (Lipinski definition) is 3. The van der Waals surface area contributed by atoms with Crippen LogP contribution >= 0.6 is 0 Å². The number of likely N-dealkylation sites (N-methyl/N-ethyl adjacent to an activating group) is 2. The van der Waals surface area contributed by atoms with E-state index in [-0.39, 0.29) is 11.5 Å². The van der Waals surface area contributed by atoms with E-state index >= 15 is 0 Å². The highest BCUT2D eigenvalue weighted by molar-refractivity contribution is 5.75. The molecule has 1 saturated carbocycles. The maximum atomic E-state index is 12.3. The topological polar surface area (TPSA) is 45.6 Å². The molecule has 0 spiro atoms. The van der Waals surface area contributed by atoms with Gasteiger partial charge < -0.3 is 14.4 Å². The van der Waals surface area contributed by atoms with Gasteiger partial charge in [-0.2, -0.15) is 0 Å². The largest absolute Gasteiger partial charge is 0.344 e. The lowest BCUT2D eigenvalue weighted by Crippen LogP contribution is -2.38. The van der Waals surface area contributed by atoms with Crippen LogP contribution in [0, 0.1) is 6.92 Å². The summed E-state index contributed by atoms with van der Waals surface area (Å²) in [5, 5.41) is 0. The average molecular weight is 319 g/mol. The summed E-state index contributed by atoms with van der Waals surface area (Å²) in [4.78, 5) is 28.2. The van der Waals surface area contributed by atoms with E-state index in [1.54, 1.807) is 15.5 Å². The molecule has 128 valence electrons. The van der Waals surface area contributed by atoms with Crippen LogP contribution in [0.2, 0.25) is 0 Å². The van der Waals surface area contributed by atoms with Gasteiger partial charge in [0.25, 0.3) is 5.56 Å². The van der Waals surface area contributed by atoms with E-state index in [4.69, 9.17) is 0 Å². The smallest absolute Gasteiger partial charge is 0.250 e.